The van der Waals surface area contributed by atoms with Crippen LogP contribution in [0.15, 0.2) is 0 Å². The third-order valence-corrected chi connectivity index (χ3v) is 0. The molecule has 0 aromatic rings. The fourth-order valence-corrected chi connectivity index (χ4v) is 0. The molecule has 4 heteroatoms. The van der Waals surface area contributed by atoms with Crippen molar-refractivity contribution < 1.29 is 15.1 Å². The van der Waals surface area contributed by atoms with Crippen molar-refractivity contribution in [3.8, 4) is 0 Å². The molecule has 30 valence electrons. The van der Waals surface area contributed by atoms with E-state index in [-0.39, 0.29) is 0 Å². The first kappa shape index (κ1) is 9.36. The van der Waals surface area contributed by atoms with E-state index in [2.05, 4.69) is 25.2 Å². The summed E-state index contributed by atoms with van der Waals surface area (Å²) in [5, 5.41) is 0. The summed E-state index contributed by atoms with van der Waals surface area (Å²) in [4.78, 5) is 0. The van der Waals surface area contributed by atoms with E-state index in [1.807, 2.05) is 0 Å². The second kappa shape index (κ2) is 20.2. The van der Waals surface area contributed by atoms with Gasteiger partial charge in [0.1, 0.15) is 0 Å². The molecule has 0 spiro atoms. The van der Waals surface area contributed by atoms with Gasteiger partial charge in [-0.25, -0.2) is 0 Å². The summed E-state index contributed by atoms with van der Waals surface area (Å²) < 4.78 is 0. The van der Waals surface area contributed by atoms with Crippen molar-refractivity contribution in [2.24, 2.45) is 0 Å². The van der Waals surface area contributed by atoms with Crippen LogP contribution in [0.3, 0.4) is 0 Å². The molecule has 0 nitrogen and oxygen atoms in total. The summed E-state index contributed by atoms with van der Waals surface area (Å²) in [6.07, 6.45) is 0. The van der Waals surface area contributed by atoms with Crippen molar-refractivity contribution in [1.29, 1.82) is 0 Å². The van der Waals surface area contributed by atoms with Crippen LogP contribution in [0.5, 0.6) is 0 Å². The van der Waals surface area contributed by atoms with Crippen molar-refractivity contribution in [2.75, 3.05) is 0 Å². The molecular weight excluding hydrogens is 249 g/mol. The molecular formula is H2Cl2CuIn. The number of halogens is 2. The zero-order chi connectivity index (χ0) is 4.00. The third kappa shape index (κ3) is 9.02. The fourth-order valence-electron chi connectivity index (χ4n) is 0. The predicted molar refractivity (Wildman–Crippen MR) is 20.2 cm³/mol. The summed E-state index contributed by atoms with van der Waals surface area (Å²) in [7, 11) is 9.05. The van der Waals surface area contributed by atoms with Crippen LogP contribution in [0.1, 0.15) is 0 Å². The molecule has 0 atom stereocenters. The molecule has 0 aliphatic carbocycles. The van der Waals surface area contributed by atoms with Gasteiger partial charge in [-0.1, -0.05) is 0 Å². The Morgan fingerprint density at radius 1 is 1.25 bits per heavy atom. The molecule has 0 aromatic carbocycles. The molecule has 0 fully saturated rings. The van der Waals surface area contributed by atoms with Crippen molar-refractivity contribution in [3.05, 3.63) is 0 Å². The van der Waals surface area contributed by atoms with Crippen LogP contribution >= 0.6 is 18.7 Å². The van der Waals surface area contributed by atoms with Crippen molar-refractivity contribution in [2.45, 2.75) is 0 Å². The van der Waals surface area contributed by atoms with Gasteiger partial charge < -0.3 is 0 Å². The van der Waals surface area contributed by atoms with Gasteiger partial charge in [-0.15, -0.1) is 0 Å². The van der Waals surface area contributed by atoms with E-state index >= 15 is 0 Å². The number of hydrogen-bond donors (Lipinski definition) is 0. The minimum absolute atomic E-state index is 0.422. The van der Waals surface area contributed by atoms with E-state index in [1.54, 1.807) is 0 Å². The van der Waals surface area contributed by atoms with Crippen molar-refractivity contribution in [3.63, 3.8) is 0 Å². The number of rotatable bonds is 0. The topological polar surface area (TPSA) is 0 Å². The zero-order valence-electron chi connectivity index (χ0n) is 2.06. The Kier molecular flexibility index (Phi) is 47.2. The Morgan fingerprint density at radius 2 is 1.25 bits per heavy atom. The van der Waals surface area contributed by atoms with Gasteiger partial charge in [0.25, 0.3) is 0 Å². The molecule has 0 saturated heterocycles. The van der Waals surface area contributed by atoms with Gasteiger partial charge in [0.15, 0.2) is 0 Å². The van der Waals surface area contributed by atoms with E-state index in [4.69, 9.17) is 8.58 Å². The minimum atomic E-state index is 0.422. The maximum absolute atomic E-state index is 4.85. The molecule has 0 aliphatic rings. The second-order valence-corrected chi connectivity index (χ2v) is 0. The summed E-state index contributed by atoms with van der Waals surface area (Å²) in [5.41, 5.74) is 0. The second-order valence-electron chi connectivity index (χ2n) is 0. The van der Waals surface area contributed by atoms with Crippen LogP contribution in [0, 0.1) is 0 Å². The molecule has 0 rings (SSSR count). The SMILES string of the molecule is [Cl][Cu].[Cl][InH2]. The Balaban J connectivity index is 0. The molecule has 0 aliphatic heterocycles. The molecule has 0 aromatic heterocycles. The van der Waals surface area contributed by atoms with E-state index in [0.717, 1.165) is 0 Å². The van der Waals surface area contributed by atoms with Crippen LogP contribution in [0.4, 0.5) is 0 Å². The normalized spacial score (nSPS) is 3.00. The first-order valence-electron chi connectivity index (χ1n) is 0.492. The Labute approximate surface area is 56.4 Å². The monoisotopic (exact) mass is 250 g/mol. The molecule has 0 bridgehead atoms. The average molecular weight is 251 g/mol. The third-order valence-electron chi connectivity index (χ3n) is 0. The molecule has 0 amide bonds. The molecule has 0 radical (unpaired) electrons. The zero-order valence-corrected chi connectivity index (χ0v) is 10.2. The van der Waals surface area contributed by atoms with Gasteiger partial charge in [-0.2, -0.15) is 0 Å². The summed E-state index contributed by atoms with van der Waals surface area (Å²) >= 11 is 4.08. The van der Waals surface area contributed by atoms with Crippen LogP contribution in [-0.2, 0) is 15.1 Å². The van der Waals surface area contributed by atoms with E-state index in [1.165, 1.54) is 0 Å². The molecule has 0 unspecified atom stereocenters. The summed E-state index contributed by atoms with van der Waals surface area (Å²) in [6.45, 7) is 0. The van der Waals surface area contributed by atoms with E-state index in [9.17, 15) is 0 Å². The fraction of sp³-hybridized carbons (Fsp3) is 0. The Bertz CT molecular complexity index is 6.00. The van der Waals surface area contributed by atoms with Crippen LogP contribution in [0.25, 0.3) is 0 Å². The van der Waals surface area contributed by atoms with Gasteiger partial charge in [-0.05, 0) is 0 Å². The van der Waals surface area contributed by atoms with Gasteiger partial charge >= 0.3 is 57.0 Å². The molecule has 0 N–H and O–H groups in total. The maximum atomic E-state index is 4.85. The Morgan fingerprint density at radius 3 is 1.25 bits per heavy atom. The quantitative estimate of drug-likeness (QED) is 0.549. The first-order chi connectivity index (χ1) is 2.00. The average Bonchev–Trinajstić information content (AvgIpc) is 1.50. The number of hydrogen-bond acceptors (Lipinski definition) is 0. The summed E-state index contributed by atoms with van der Waals surface area (Å²) in [5.74, 6) is 0. The van der Waals surface area contributed by atoms with E-state index in [0.29, 0.717) is 23.2 Å². The summed E-state index contributed by atoms with van der Waals surface area (Å²) in [6, 6.07) is 0. The molecule has 0 saturated carbocycles. The molecule has 0 heterocycles. The molecule has 4 heavy (non-hydrogen) atoms. The van der Waals surface area contributed by atoms with Crippen LogP contribution < -0.4 is 0 Å². The Hall–Kier alpha value is 1.97. The van der Waals surface area contributed by atoms with Crippen molar-refractivity contribution in [1.82, 2.24) is 0 Å². The van der Waals surface area contributed by atoms with Crippen molar-refractivity contribution >= 4 is 41.9 Å². The van der Waals surface area contributed by atoms with Gasteiger partial charge in [0, 0.05) is 0 Å². The first-order valence-corrected chi connectivity index (χ1v) is 9.02. The van der Waals surface area contributed by atoms with E-state index < -0.39 is 0 Å². The van der Waals surface area contributed by atoms with Crippen LogP contribution in [-0.4, -0.2) is 23.2 Å². The van der Waals surface area contributed by atoms with Gasteiger partial charge in [0.2, 0.25) is 0 Å². The van der Waals surface area contributed by atoms with Gasteiger partial charge in [-0.3, -0.25) is 0 Å². The van der Waals surface area contributed by atoms with Gasteiger partial charge in [0.05, 0.1) is 0 Å². The standard InChI is InChI=1S/2ClH.Cu.In.2H/h2*1H;;;;/q;;2*+1;;/p-2. The predicted octanol–water partition coefficient (Wildman–Crippen LogP) is 0.460. The van der Waals surface area contributed by atoms with Crippen LogP contribution in [0.2, 0.25) is 0 Å².